The van der Waals surface area contributed by atoms with E-state index in [0.717, 1.165) is 0 Å². The zero-order chi connectivity index (χ0) is 7.11. The number of hydrogen-bond donors (Lipinski definition) is 3. The van der Waals surface area contributed by atoms with Crippen molar-refractivity contribution in [2.45, 2.75) is 0 Å². The van der Waals surface area contributed by atoms with Gasteiger partial charge < -0.3 is 10.1 Å². The lowest BCUT2D eigenvalue weighted by atomic mass is 11.0. The molecule has 0 saturated carbocycles. The second kappa shape index (κ2) is 5.17. The van der Waals surface area contributed by atoms with Crippen molar-refractivity contribution >= 4 is 17.9 Å². The Morgan fingerprint density at radius 1 is 1.78 bits per heavy atom. The Bertz CT molecular complexity index is 130. The second-order valence-electron chi connectivity index (χ2n) is 1.04. The Labute approximate surface area is 57.3 Å². The van der Waals surface area contributed by atoms with Gasteiger partial charge in [0, 0.05) is 12.4 Å². The van der Waals surface area contributed by atoms with E-state index in [9.17, 15) is 0 Å². The van der Waals surface area contributed by atoms with Crippen molar-refractivity contribution in [3.05, 3.63) is 18.7 Å². The number of aromatic nitrogens is 2. The van der Waals surface area contributed by atoms with Crippen molar-refractivity contribution in [2.24, 2.45) is 0 Å². The van der Waals surface area contributed by atoms with Gasteiger partial charge in [0.15, 0.2) is 0 Å². The van der Waals surface area contributed by atoms with Crippen molar-refractivity contribution in [2.75, 3.05) is 0 Å². The SMILES string of the molecule is O=C(O)S.c1c[nH]cn1. The molecule has 0 aromatic carbocycles. The van der Waals surface area contributed by atoms with E-state index in [0.29, 0.717) is 0 Å². The highest BCUT2D eigenvalue weighted by molar-refractivity contribution is 7.96. The summed E-state index contributed by atoms with van der Waals surface area (Å²) >= 11 is 2.88. The number of nitrogens with zero attached hydrogens (tertiary/aromatic N) is 1. The van der Waals surface area contributed by atoms with E-state index in [2.05, 4.69) is 22.6 Å². The van der Waals surface area contributed by atoms with Gasteiger partial charge in [-0.25, -0.2) is 9.78 Å². The molecule has 0 atom stereocenters. The Kier molecular flexibility index (Phi) is 4.61. The fourth-order valence-electron chi connectivity index (χ4n) is 0.215. The van der Waals surface area contributed by atoms with E-state index >= 15 is 0 Å². The van der Waals surface area contributed by atoms with Gasteiger partial charge >= 0.3 is 5.30 Å². The molecular weight excluding hydrogens is 140 g/mol. The topological polar surface area (TPSA) is 66.0 Å². The van der Waals surface area contributed by atoms with Gasteiger partial charge in [-0.2, -0.15) is 0 Å². The summed E-state index contributed by atoms with van der Waals surface area (Å²) in [6.07, 6.45) is 5.08. The van der Waals surface area contributed by atoms with Crippen LogP contribution in [-0.4, -0.2) is 20.4 Å². The molecule has 0 fully saturated rings. The highest BCUT2D eigenvalue weighted by atomic mass is 32.1. The van der Waals surface area contributed by atoms with Gasteiger partial charge in [0.1, 0.15) is 0 Å². The summed E-state index contributed by atoms with van der Waals surface area (Å²) in [4.78, 5) is 15.3. The lowest BCUT2D eigenvalue weighted by molar-refractivity contribution is 0.222. The first-order valence-electron chi connectivity index (χ1n) is 2.08. The molecule has 0 amide bonds. The standard InChI is InChI=1S/C3H4N2.CH2O2S/c1-2-5-3-4-1;2-1(3)4/h1-3H,(H,4,5);4H,(H,2,3). The molecule has 0 aliphatic heterocycles. The van der Waals surface area contributed by atoms with Crippen LogP contribution in [0.1, 0.15) is 0 Å². The smallest absolute Gasteiger partial charge is 0.361 e. The third-order valence-corrected chi connectivity index (χ3v) is 0.406. The molecule has 50 valence electrons. The predicted molar refractivity (Wildman–Crippen MR) is 35.6 cm³/mol. The van der Waals surface area contributed by atoms with Crippen LogP contribution >= 0.6 is 12.6 Å². The van der Waals surface area contributed by atoms with Crippen molar-refractivity contribution in [1.82, 2.24) is 9.97 Å². The molecule has 0 aliphatic rings. The first kappa shape index (κ1) is 8.03. The molecule has 1 aromatic rings. The maximum atomic E-state index is 8.86. The monoisotopic (exact) mass is 146 g/mol. The van der Waals surface area contributed by atoms with Crippen molar-refractivity contribution in [1.29, 1.82) is 0 Å². The van der Waals surface area contributed by atoms with Crippen molar-refractivity contribution in [3.63, 3.8) is 0 Å². The minimum atomic E-state index is -1.14. The van der Waals surface area contributed by atoms with Gasteiger partial charge in [-0.05, 0) is 0 Å². The quantitative estimate of drug-likeness (QED) is 0.478. The van der Waals surface area contributed by atoms with E-state index in [1.807, 2.05) is 0 Å². The van der Waals surface area contributed by atoms with Gasteiger partial charge in [-0.15, -0.1) is 0 Å². The number of hydrogen-bond acceptors (Lipinski definition) is 2. The number of nitrogens with one attached hydrogen (secondary N) is 1. The Morgan fingerprint density at radius 2 is 2.33 bits per heavy atom. The van der Waals surface area contributed by atoms with Crippen LogP contribution in [0.25, 0.3) is 0 Å². The molecule has 0 saturated heterocycles. The van der Waals surface area contributed by atoms with Crippen molar-refractivity contribution < 1.29 is 9.90 Å². The number of carbonyl (C=O) groups is 1. The molecule has 4 nitrogen and oxygen atoms in total. The summed E-state index contributed by atoms with van der Waals surface area (Å²) in [5, 5.41) is 6.14. The van der Waals surface area contributed by atoms with Gasteiger partial charge in [0.2, 0.25) is 0 Å². The largest absolute Gasteiger partial charge is 0.473 e. The van der Waals surface area contributed by atoms with Crippen molar-refractivity contribution in [3.8, 4) is 0 Å². The van der Waals surface area contributed by atoms with Gasteiger partial charge in [0.05, 0.1) is 6.33 Å². The van der Waals surface area contributed by atoms with Crippen LogP contribution in [0.5, 0.6) is 0 Å². The first-order chi connectivity index (χ1) is 4.23. The lowest BCUT2D eigenvalue weighted by Gasteiger charge is -1.58. The average molecular weight is 146 g/mol. The molecule has 1 rings (SSSR count). The maximum absolute atomic E-state index is 8.86. The molecule has 0 aliphatic carbocycles. The van der Waals surface area contributed by atoms with E-state index in [-0.39, 0.29) is 0 Å². The summed E-state index contributed by atoms with van der Waals surface area (Å²) in [5.41, 5.74) is 0. The molecule has 5 heteroatoms. The van der Waals surface area contributed by atoms with E-state index < -0.39 is 5.30 Å². The summed E-state index contributed by atoms with van der Waals surface area (Å²) in [6, 6.07) is 0. The molecular formula is C4H6N2O2S. The second-order valence-corrected chi connectivity index (χ2v) is 1.43. The first-order valence-corrected chi connectivity index (χ1v) is 2.53. The molecule has 0 spiro atoms. The summed E-state index contributed by atoms with van der Waals surface area (Å²) < 4.78 is 0. The minimum Gasteiger partial charge on any atom is -0.473 e. The molecule has 0 radical (unpaired) electrons. The van der Waals surface area contributed by atoms with Crippen LogP contribution in [0.3, 0.4) is 0 Å². The maximum Gasteiger partial charge on any atom is 0.361 e. The molecule has 0 unspecified atom stereocenters. The Morgan fingerprint density at radius 3 is 2.44 bits per heavy atom. The third-order valence-electron chi connectivity index (χ3n) is 0.406. The van der Waals surface area contributed by atoms with E-state index in [4.69, 9.17) is 9.90 Å². The summed E-state index contributed by atoms with van der Waals surface area (Å²) in [5.74, 6) is 0. The van der Waals surface area contributed by atoms with Crippen LogP contribution in [0.2, 0.25) is 0 Å². The Hall–Kier alpha value is -0.970. The molecule has 2 N–H and O–H groups in total. The van der Waals surface area contributed by atoms with Crippen LogP contribution < -0.4 is 0 Å². The minimum absolute atomic E-state index is 1.14. The number of aromatic amines is 1. The van der Waals surface area contributed by atoms with Crippen LogP contribution in [0.15, 0.2) is 18.7 Å². The highest BCUT2D eigenvalue weighted by Gasteiger charge is 1.67. The fourth-order valence-corrected chi connectivity index (χ4v) is 0.215. The number of thiol groups is 1. The number of rotatable bonds is 0. The van der Waals surface area contributed by atoms with Gasteiger partial charge in [-0.1, -0.05) is 12.6 Å². The van der Waals surface area contributed by atoms with E-state index in [1.165, 1.54) is 0 Å². The fraction of sp³-hybridized carbons (Fsp3) is 0. The summed E-state index contributed by atoms with van der Waals surface area (Å²) in [6.45, 7) is 0. The average Bonchev–Trinajstić information content (AvgIpc) is 2.11. The number of H-pyrrole nitrogens is 1. The lowest BCUT2D eigenvalue weighted by Crippen LogP contribution is -1.67. The molecule has 1 aromatic heterocycles. The molecule has 1 heterocycles. The summed E-state index contributed by atoms with van der Waals surface area (Å²) in [7, 11) is 0. The van der Waals surface area contributed by atoms with Crippen LogP contribution in [0, 0.1) is 0 Å². The number of carboxylic acid groups (broad SMARTS) is 1. The zero-order valence-electron chi connectivity index (χ0n) is 4.48. The third kappa shape index (κ3) is 11.0. The van der Waals surface area contributed by atoms with E-state index in [1.54, 1.807) is 18.7 Å². The molecule has 9 heavy (non-hydrogen) atoms. The number of imidazole rings is 1. The normalized spacial score (nSPS) is 7.22. The Balaban J connectivity index is 0.000000148. The highest BCUT2D eigenvalue weighted by Crippen LogP contribution is 1.66. The van der Waals surface area contributed by atoms with Crippen LogP contribution in [-0.2, 0) is 0 Å². The van der Waals surface area contributed by atoms with Gasteiger partial charge in [-0.3, -0.25) is 0 Å². The zero-order valence-corrected chi connectivity index (χ0v) is 5.38. The molecule has 0 bridgehead atoms. The predicted octanol–water partition coefficient (Wildman–Crippen LogP) is 1.00. The van der Waals surface area contributed by atoms with Gasteiger partial charge in [0.25, 0.3) is 0 Å². The van der Waals surface area contributed by atoms with Crippen LogP contribution in [0.4, 0.5) is 4.79 Å².